The number of amides is 2. The van der Waals surface area contributed by atoms with E-state index in [0.29, 0.717) is 16.4 Å². The largest absolute Gasteiger partial charge is 0.454 e. The van der Waals surface area contributed by atoms with Crippen LogP contribution in [0.4, 0.5) is 13.2 Å². The van der Waals surface area contributed by atoms with Crippen molar-refractivity contribution < 1.29 is 32.2 Å². The van der Waals surface area contributed by atoms with E-state index in [-0.39, 0.29) is 19.1 Å². The van der Waals surface area contributed by atoms with Gasteiger partial charge in [0, 0.05) is 24.1 Å². The monoisotopic (exact) mass is 440 g/mol. The fourth-order valence-corrected chi connectivity index (χ4v) is 3.71. The van der Waals surface area contributed by atoms with Crippen LogP contribution in [0.1, 0.15) is 18.1 Å². The van der Waals surface area contributed by atoms with Crippen LogP contribution in [0.5, 0.6) is 11.5 Å². The lowest BCUT2D eigenvalue weighted by atomic mass is 10.2. The highest BCUT2D eigenvalue weighted by molar-refractivity contribution is 7.99. The van der Waals surface area contributed by atoms with E-state index in [0.717, 1.165) is 29.5 Å². The van der Waals surface area contributed by atoms with Gasteiger partial charge in [-0.3, -0.25) is 9.59 Å². The molecule has 1 atom stereocenters. The summed E-state index contributed by atoms with van der Waals surface area (Å²) < 4.78 is 49.1. The fourth-order valence-electron chi connectivity index (χ4n) is 2.73. The number of carbonyl (C=O) groups is 2. The van der Waals surface area contributed by atoms with E-state index in [1.807, 2.05) is 0 Å². The smallest absolute Gasteiger partial charge is 0.416 e. The Morgan fingerprint density at radius 3 is 2.63 bits per heavy atom. The van der Waals surface area contributed by atoms with Gasteiger partial charge in [0.2, 0.25) is 18.6 Å². The van der Waals surface area contributed by atoms with Crippen LogP contribution in [-0.2, 0) is 22.3 Å². The summed E-state index contributed by atoms with van der Waals surface area (Å²) in [5.41, 5.74) is 0.00976. The molecule has 0 aliphatic carbocycles. The lowest BCUT2D eigenvalue weighted by Gasteiger charge is -2.18. The van der Waals surface area contributed by atoms with Crippen molar-refractivity contribution in [2.24, 2.45) is 0 Å². The zero-order chi connectivity index (χ0) is 21.7. The Labute approximate surface area is 175 Å². The Morgan fingerprint density at radius 1 is 1.13 bits per heavy atom. The third-order valence-corrected chi connectivity index (χ3v) is 5.26. The van der Waals surface area contributed by atoms with Crippen LogP contribution >= 0.6 is 11.8 Å². The van der Waals surface area contributed by atoms with Gasteiger partial charge in [-0.2, -0.15) is 13.2 Å². The number of benzene rings is 2. The molecule has 2 aromatic rings. The Bertz CT molecular complexity index is 937. The van der Waals surface area contributed by atoms with Crippen LogP contribution in [0.3, 0.4) is 0 Å². The normalized spacial score (nSPS) is 13.6. The molecule has 2 N–H and O–H groups in total. The van der Waals surface area contributed by atoms with Crippen LogP contribution in [-0.4, -0.2) is 30.4 Å². The number of halogens is 3. The van der Waals surface area contributed by atoms with Gasteiger partial charge in [0.05, 0.1) is 5.56 Å². The van der Waals surface area contributed by atoms with Gasteiger partial charge in [0.1, 0.15) is 6.04 Å². The topological polar surface area (TPSA) is 76.7 Å². The lowest BCUT2D eigenvalue weighted by Crippen LogP contribution is -2.47. The maximum absolute atomic E-state index is 12.9. The van der Waals surface area contributed by atoms with Crippen molar-refractivity contribution in [3.05, 3.63) is 53.6 Å². The Balaban J connectivity index is 1.61. The molecule has 0 spiro atoms. The van der Waals surface area contributed by atoms with Crippen LogP contribution < -0.4 is 20.1 Å². The van der Waals surface area contributed by atoms with E-state index in [1.165, 1.54) is 19.1 Å². The van der Waals surface area contributed by atoms with Gasteiger partial charge in [-0.1, -0.05) is 12.1 Å². The molecule has 1 aliphatic rings. The molecule has 1 unspecified atom stereocenters. The zero-order valence-electron chi connectivity index (χ0n) is 15.9. The minimum atomic E-state index is -4.45. The van der Waals surface area contributed by atoms with Crippen LogP contribution in [0, 0.1) is 0 Å². The maximum atomic E-state index is 12.9. The quantitative estimate of drug-likeness (QED) is 0.646. The number of fused-ring (bicyclic) bond motifs is 1. The van der Waals surface area contributed by atoms with Crippen molar-refractivity contribution >= 4 is 23.6 Å². The van der Waals surface area contributed by atoms with Crippen LogP contribution in [0.2, 0.25) is 0 Å². The summed E-state index contributed by atoms with van der Waals surface area (Å²) >= 11 is 1.05. The summed E-state index contributed by atoms with van der Waals surface area (Å²) in [4.78, 5) is 24.4. The molecular weight excluding hydrogens is 421 g/mol. The number of carbonyl (C=O) groups excluding carboxylic acids is 2. The summed E-state index contributed by atoms with van der Waals surface area (Å²) in [6.07, 6.45) is -4.45. The van der Waals surface area contributed by atoms with Gasteiger partial charge in [-0.25, -0.2) is 0 Å². The zero-order valence-corrected chi connectivity index (χ0v) is 16.7. The molecule has 160 valence electrons. The maximum Gasteiger partial charge on any atom is 0.416 e. The van der Waals surface area contributed by atoms with E-state index in [9.17, 15) is 22.8 Å². The summed E-state index contributed by atoms with van der Waals surface area (Å²) in [7, 11) is 0. The second-order valence-corrected chi connectivity index (χ2v) is 7.59. The van der Waals surface area contributed by atoms with Crippen molar-refractivity contribution in [3.8, 4) is 11.5 Å². The molecule has 0 fully saturated rings. The van der Waals surface area contributed by atoms with Gasteiger partial charge in [0.25, 0.3) is 0 Å². The molecule has 2 amide bonds. The Hall–Kier alpha value is -2.88. The highest BCUT2D eigenvalue weighted by Crippen LogP contribution is 2.33. The standard InChI is InChI=1S/C20H19F3N2O4S/c1-12(26)25-16(10-30-15-4-2-3-14(8-15)20(21,22)23)19(27)24-9-13-5-6-17-18(7-13)29-11-28-17/h2-8,16H,9-11H2,1H3,(H,24,27)(H,25,26). The van der Waals surface area contributed by atoms with Crippen molar-refractivity contribution in [2.45, 2.75) is 30.6 Å². The number of ether oxygens (including phenoxy) is 2. The molecule has 2 aromatic carbocycles. The van der Waals surface area contributed by atoms with Gasteiger partial charge in [-0.05, 0) is 35.9 Å². The highest BCUT2D eigenvalue weighted by atomic mass is 32.2. The predicted molar refractivity (Wildman–Crippen MR) is 104 cm³/mol. The summed E-state index contributed by atoms with van der Waals surface area (Å²) in [5, 5.41) is 5.26. The average molecular weight is 440 g/mol. The van der Waals surface area contributed by atoms with E-state index in [1.54, 1.807) is 18.2 Å². The molecule has 1 heterocycles. The minimum absolute atomic E-state index is 0.0772. The number of thioether (sulfide) groups is 1. The molecule has 0 bridgehead atoms. The van der Waals surface area contributed by atoms with Crippen molar-refractivity contribution in [1.82, 2.24) is 10.6 Å². The number of hydrogen-bond donors (Lipinski definition) is 2. The van der Waals surface area contributed by atoms with E-state index >= 15 is 0 Å². The molecule has 0 radical (unpaired) electrons. The first-order valence-corrected chi connectivity index (χ1v) is 9.94. The van der Waals surface area contributed by atoms with Crippen LogP contribution in [0.15, 0.2) is 47.4 Å². The first-order chi connectivity index (χ1) is 14.2. The van der Waals surface area contributed by atoms with Gasteiger partial charge in [-0.15, -0.1) is 11.8 Å². The molecule has 30 heavy (non-hydrogen) atoms. The highest BCUT2D eigenvalue weighted by Gasteiger charge is 2.30. The molecule has 1 aliphatic heterocycles. The number of alkyl halides is 3. The van der Waals surface area contributed by atoms with E-state index in [4.69, 9.17) is 9.47 Å². The van der Waals surface area contributed by atoms with Crippen LogP contribution in [0.25, 0.3) is 0 Å². The van der Waals surface area contributed by atoms with Crippen molar-refractivity contribution in [3.63, 3.8) is 0 Å². The minimum Gasteiger partial charge on any atom is -0.454 e. The second kappa shape index (κ2) is 9.29. The first-order valence-electron chi connectivity index (χ1n) is 8.96. The SMILES string of the molecule is CC(=O)NC(CSc1cccc(C(F)(F)F)c1)C(=O)NCc1ccc2c(c1)OCO2. The number of rotatable bonds is 7. The molecule has 3 rings (SSSR count). The fraction of sp³-hybridized carbons (Fsp3) is 0.300. The summed E-state index contributed by atoms with van der Waals surface area (Å²) in [6, 6.07) is 9.17. The molecule has 10 heteroatoms. The Morgan fingerprint density at radius 2 is 1.90 bits per heavy atom. The third kappa shape index (κ3) is 5.82. The third-order valence-electron chi connectivity index (χ3n) is 4.18. The van der Waals surface area contributed by atoms with Gasteiger partial charge in [0.15, 0.2) is 11.5 Å². The number of hydrogen-bond acceptors (Lipinski definition) is 5. The lowest BCUT2D eigenvalue weighted by molar-refractivity contribution is -0.137. The van der Waals surface area contributed by atoms with Crippen molar-refractivity contribution in [1.29, 1.82) is 0 Å². The number of nitrogens with one attached hydrogen (secondary N) is 2. The molecular formula is C20H19F3N2O4S. The second-order valence-electron chi connectivity index (χ2n) is 6.50. The first kappa shape index (κ1) is 21.8. The summed E-state index contributed by atoms with van der Waals surface area (Å²) in [5.74, 6) is 0.428. The average Bonchev–Trinajstić information content (AvgIpc) is 3.16. The molecule has 6 nitrogen and oxygen atoms in total. The van der Waals surface area contributed by atoms with Crippen molar-refractivity contribution in [2.75, 3.05) is 12.5 Å². The molecule has 0 saturated heterocycles. The molecule has 0 saturated carbocycles. The van der Waals surface area contributed by atoms with Gasteiger partial charge < -0.3 is 20.1 Å². The van der Waals surface area contributed by atoms with Gasteiger partial charge >= 0.3 is 6.18 Å². The predicted octanol–water partition coefficient (Wildman–Crippen LogP) is 3.35. The Kier molecular flexibility index (Phi) is 6.76. The van der Waals surface area contributed by atoms with E-state index < -0.39 is 29.6 Å². The molecule has 0 aromatic heterocycles. The summed E-state index contributed by atoms with van der Waals surface area (Å²) in [6.45, 7) is 1.61. The van der Waals surface area contributed by atoms with E-state index in [2.05, 4.69) is 10.6 Å².